The quantitative estimate of drug-likeness (QED) is 0.676. The molecule has 6 heteroatoms. The van der Waals surface area contributed by atoms with Crippen LogP contribution in [0.1, 0.15) is 45.3 Å². The maximum absolute atomic E-state index is 13.0. The van der Waals surface area contributed by atoms with Crippen LogP contribution in [0.5, 0.6) is 0 Å². The largest absolute Gasteiger partial charge is 0.452 e. The Balaban J connectivity index is 1.53. The highest BCUT2D eigenvalue weighted by atomic mass is 16.5. The molecule has 0 bridgehead atoms. The van der Waals surface area contributed by atoms with Crippen molar-refractivity contribution in [2.24, 2.45) is 5.92 Å². The van der Waals surface area contributed by atoms with Crippen molar-refractivity contribution in [2.45, 2.75) is 26.2 Å². The van der Waals surface area contributed by atoms with Crippen LogP contribution in [-0.4, -0.2) is 29.4 Å². The fourth-order valence-corrected chi connectivity index (χ4v) is 3.82. The number of pyridine rings is 1. The van der Waals surface area contributed by atoms with E-state index in [0.29, 0.717) is 17.0 Å². The lowest BCUT2D eigenvalue weighted by molar-refractivity contribution is -0.123. The van der Waals surface area contributed by atoms with Crippen LogP contribution in [0.2, 0.25) is 0 Å². The Morgan fingerprint density at radius 1 is 1.07 bits per heavy atom. The van der Waals surface area contributed by atoms with Crippen molar-refractivity contribution in [2.75, 3.05) is 6.61 Å². The van der Waals surface area contributed by atoms with Gasteiger partial charge in [0.2, 0.25) is 0 Å². The number of rotatable bonds is 4. The maximum atomic E-state index is 13.0. The third-order valence-electron chi connectivity index (χ3n) is 5.33. The number of nitrogens with zero attached hydrogens (tertiary/aromatic N) is 1. The molecule has 0 fully saturated rings. The van der Waals surface area contributed by atoms with Crippen LogP contribution in [-0.2, 0) is 22.4 Å². The van der Waals surface area contributed by atoms with E-state index in [1.807, 2.05) is 24.3 Å². The summed E-state index contributed by atoms with van der Waals surface area (Å²) >= 11 is 0. The minimum absolute atomic E-state index is 0.361. The average molecular weight is 402 g/mol. The molecule has 1 heterocycles. The third-order valence-corrected chi connectivity index (χ3v) is 5.33. The zero-order chi connectivity index (χ0) is 21.1. The van der Waals surface area contributed by atoms with E-state index in [1.165, 1.54) is 0 Å². The van der Waals surface area contributed by atoms with Crippen molar-refractivity contribution >= 4 is 28.7 Å². The van der Waals surface area contributed by atoms with Gasteiger partial charge in [-0.1, -0.05) is 43.3 Å². The summed E-state index contributed by atoms with van der Waals surface area (Å²) in [4.78, 5) is 41.9. The molecular weight excluding hydrogens is 380 g/mol. The molecule has 6 nitrogen and oxygen atoms in total. The van der Waals surface area contributed by atoms with E-state index in [0.717, 1.165) is 41.4 Å². The molecule has 2 aromatic carbocycles. The number of amides is 2. The molecular formula is C24H22N2O4. The average Bonchev–Trinajstić information content (AvgIpc) is 2.76. The lowest BCUT2D eigenvalue weighted by Crippen LogP contribution is -2.34. The zero-order valence-electron chi connectivity index (χ0n) is 16.7. The van der Waals surface area contributed by atoms with Crippen molar-refractivity contribution in [3.8, 4) is 0 Å². The second kappa shape index (κ2) is 8.45. The van der Waals surface area contributed by atoms with Gasteiger partial charge in [-0.2, -0.15) is 0 Å². The van der Waals surface area contributed by atoms with Gasteiger partial charge in [-0.25, -0.2) is 4.79 Å². The highest BCUT2D eigenvalue weighted by molar-refractivity contribution is 6.07. The molecule has 1 aliphatic carbocycles. The minimum Gasteiger partial charge on any atom is -0.452 e. The molecule has 4 rings (SSSR count). The summed E-state index contributed by atoms with van der Waals surface area (Å²) in [7, 11) is 0. The summed E-state index contributed by atoms with van der Waals surface area (Å²) < 4.78 is 5.31. The maximum Gasteiger partial charge on any atom is 0.339 e. The smallest absolute Gasteiger partial charge is 0.339 e. The molecule has 30 heavy (non-hydrogen) atoms. The third kappa shape index (κ3) is 4.08. The van der Waals surface area contributed by atoms with Crippen LogP contribution >= 0.6 is 0 Å². The van der Waals surface area contributed by atoms with Gasteiger partial charge >= 0.3 is 5.97 Å². The number of benzene rings is 2. The van der Waals surface area contributed by atoms with E-state index >= 15 is 0 Å². The summed E-state index contributed by atoms with van der Waals surface area (Å²) in [5.41, 5.74) is 3.40. The predicted octanol–water partition coefficient (Wildman–Crippen LogP) is 3.47. The molecule has 0 aliphatic heterocycles. The molecule has 1 aromatic heterocycles. The molecule has 0 spiro atoms. The molecule has 0 unspecified atom stereocenters. The summed E-state index contributed by atoms with van der Waals surface area (Å²) in [6.07, 6.45) is 2.58. The van der Waals surface area contributed by atoms with E-state index in [2.05, 4.69) is 12.2 Å². The normalized spacial score (nSPS) is 15.3. The second-order valence-electron chi connectivity index (χ2n) is 7.60. The number of imide groups is 1. The van der Waals surface area contributed by atoms with E-state index in [1.54, 1.807) is 30.3 Å². The Morgan fingerprint density at radius 2 is 1.80 bits per heavy atom. The Kier molecular flexibility index (Phi) is 5.57. The van der Waals surface area contributed by atoms with Crippen LogP contribution in [0, 0.1) is 5.92 Å². The standard InChI is InChI=1S/C24H22N2O4/c1-15-11-12-20-18(13-15)22(17-9-5-6-10-19(17)25-20)24(29)30-14-21(27)26-23(28)16-7-3-2-4-8-16/h2-10,15H,11-14H2,1H3,(H,26,27,28)/t15-/m1/s1. The first-order valence-corrected chi connectivity index (χ1v) is 9.99. The Hall–Kier alpha value is -3.54. The molecule has 0 saturated heterocycles. The van der Waals surface area contributed by atoms with E-state index in [9.17, 15) is 14.4 Å². The Labute approximate surface area is 174 Å². The number of hydrogen-bond acceptors (Lipinski definition) is 5. The lowest BCUT2D eigenvalue weighted by atomic mass is 9.84. The van der Waals surface area contributed by atoms with Gasteiger partial charge < -0.3 is 4.74 Å². The fraction of sp³-hybridized carbons (Fsp3) is 0.250. The van der Waals surface area contributed by atoms with E-state index < -0.39 is 24.4 Å². The van der Waals surface area contributed by atoms with Crippen molar-refractivity contribution < 1.29 is 19.1 Å². The van der Waals surface area contributed by atoms with Crippen LogP contribution in [0.3, 0.4) is 0 Å². The molecule has 2 amide bonds. The van der Waals surface area contributed by atoms with Crippen molar-refractivity contribution in [3.63, 3.8) is 0 Å². The van der Waals surface area contributed by atoms with Gasteiger partial charge in [0, 0.05) is 16.6 Å². The zero-order valence-corrected chi connectivity index (χ0v) is 16.7. The molecule has 0 saturated carbocycles. The van der Waals surface area contributed by atoms with Crippen molar-refractivity contribution in [1.29, 1.82) is 0 Å². The number of nitrogens with one attached hydrogen (secondary N) is 1. The number of aromatic nitrogens is 1. The van der Waals surface area contributed by atoms with E-state index in [-0.39, 0.29) is 0 Å². The van der Waals surface area contributed by atoms with Gasteiger partial charge in [0.25, 0.3) is 11.8 Å². The van der Waals surface area contributed by atoms with Crippen LogP contribution in [0.15, 0.2) is 54.6 Å². The molecule has 0 radical (unpaired) electrons. The van der Waals surface area contributed by atoms with Crippen LogP contribution in [0.4, 0.5) is 0 Å². The SMILES string of the molecule is C[C@@H]1CCc2nc3ccccc3c(C(=O)OCC(=O)NC(=O)c3ccccc3)c2C1. The first-order valence-electron chi connectivity index (χ1n) is 9.99. The first kappa shape index (κ1) is 19.8. The number of hydrogen-bond donors (Lipinski definition) is 1. The number of esters is 1. The van der Waals surface area contributed by atoms with Gasteiger partial charge in [0.05, 0.1) is 11.1 Å². The number of carbonyl (C=O) groups excluding carboxylic acids is 3. The second-order valence-corrected chi connectivity index (χ2v) is 7.60. The summed E-state index contributed by atoms with van der Waals surface area (Å²) in [5, 5.41) is 2.96. The topological polar surface area (TPSA) is 85.4 Å². The summed E-state index contributed by atoms with van der Waals surface area (Å²) in [6.45, 7) is 1.62. The summed E-state index contributed by atoms with van der Waals surface area (Å²) in [6, 6.07) is 15.8. The van der Waals surface area contributed by atoms with Gasteiger partial charge in [0.15, 0.2) is 6.61 Å². The molecule has 1 aliphatic rings. The van der Waals surface area contributed by atoms with Gasteiger partial charge in [-0.3, -0.25) is 19.9 Å². The van der Waals surface area contributed by atoms with Crippen LogP contribution in [0.25, 0.3) is 10.9 Å². The molecule has 1 atom stereocenters. The number of ether oxygens (including phenoxy) is 1. The molecule has 1 N–H and O–H groups in total. The number of carbonyl (C=O) groups is 3. The van der Waals surface area contributed by atoms with E-state index in [4.69, 9.17) is 9.72 Å². The number of para-hydroxylation sites is 1. The first-order chi connectivity index (χ1) is 14.5. The minimum atomic E-state index is -0.669. The predicted molar refractivity (Wildman–Crippen MR) is 112 cm³/mol. The van der Waals surface area contributed by atoms with Crippen LogP contribution < -0.4 is 5.32 Å². The highest BCUT2D eigenvalue weighted by Crippen LogP contribution is 2.31. The van der Waals surface area contributed by atoms with Crippen molar-refractivity contribution in [3.05, 3.63) is 77.0 Å². The fourth-order valence-electron chi connectivity index (χ4n) is 3.82. The monoisotopic (exact) mass is 402 g/mol. The lowest BCUT2D eigenvalue weighted by Gasteiger charge is -2.24. The molecule has 152 valence electrons. The van der Waals surface area contributed by atoms with Gasteiger partial charge in [0.1, 0.15) is 0 Å². The highest BCUT2D eigenvalue weighted by Gasteiger charge is 2.26. The van der Waals surface area contributed by atoms with Gasteiger partial charge in [-0.05, 0) is 48.9 Å². The number of fused-ring (bicyclic) bond motifs is 2. The Bertz CT molecular complexity index is 1120. The van der Waals surface area contributed by atoms with Gasteiger partial charge in [-0.15, -0.1) is 0 Å². The summed E-state index contributed by atoms with van der Waals surface area (Å²) in [5.74, 6) is -1.32. The Morgan fingerprint density at radius 3 is 2.60 bits per heavy atom. The van der Waals surface area contributed by atoms with Crippen molar-refractivity contribution in [1.82, 2.24) is 10.3 Å². The number of aryl methyl sites for hydroxylation is 1. The molecule has 3 aromatic rings.